The molecule has 2 heterocycles. The highest BCUT2D eigenvalue weighted by Gasteiger charge is 2.07. The molecule has 0 saturated carbocycles. The van der Waals surface area contributed by atoms with Gasteiger partial charge in [0, 0.05) is 11.9 Å². The molecular formula is C18H14N4O2S2. The molecule has 0 aliphatic heterocycles. The molecule has 0 radical (unpaired) electrons. The van der Waals surface area contributed by atoms with Crippen molar-refractivity contribution in [2.45, 2.75) is 16.6 Å². The highest BCUT2D eigenvalue weighted by Crippen LogP contribution is 2.30. The van der Waals surface area contributed by atoms with Crippen molar-refractivity contribution >= 4 is 39.3 Å². The first-order chi connectivity index (χ1) is 12.7. The van der Waals surface area contributed by atoms with Crippen molar-refractivity contribution in [3.05, 3.63) is 71.5 Å². The van der Waals surface area contributed by atoms with Gasteiger partial charge in [-0.1, -0.05) is 41.2 Å². The Labute approximate surface area is 157 Å². The van der Waals surface area contributed by atoms with E-state index >= 15 is 0 Å². The van der Waals surface area contributed by atoms with Crippen molar-refractivity contribution in [2.75, 3.05) is 0 Å². The highest BCUT2D eigenvalue weighted by atomic mass is 32.2. The summed E-state index contributed by atoms with van der Waals surface area (Å²) in [4.78, 5) is 15.5. The fourth-order valence-electron chi connectivity index (χ4n) is 2.47. The van der Waals surface area contributed by atoms with Gasteiger partial charge in [0.2, 0.25) is 0 Å². The number of rotatable bonds is 6. The summed E-state index contributed by atoms with van der Waals surface area (Å²) in [5, 5.41) is 17.3. The summed E-state index contributed by atoms with van der Waals surface area (Å²) >= 11 is 3.33. The number of carbonyl (C=O) groups is 1. The second kappa shape index (κ2) is 7.27. The largest absolute Gasteiger partial charge is 0.478 e. The maximum absolute atomic E-state index is 10.9. The SMILES string of the molecule is O=C(O)c1ccc(Cn2cc(CSc3nc4ccccc4s3)nn2)cc1. The lowest BCUT2D eigenvalue weighted by Crippen LogP contribution is -2.01. The van der Waals surface area contributed by atoms with Crippen LogP contribution < -0.4 is 0 Å². The normalized spacial score (nSPS) is 11.1. The van der Waals surface area contributed by atoms with Crippen molar-refractivity contribution < 1.29 is 9.90 Å². The number of thioether (sulfide) groups is 1. The van der Waals surface area contributed by atoms with Crippen LogP contribution in [0.2, 0.25) is 0 Å². The molecule has 0 amide bonds. The van der Waals surface area contributed by atoms with Crippen molar-refractivity contribution in [3.63, 3.8) is 0 Å². The molecule has 2 aromatic carbocycles. The van der Waals surface area contributed by atoms with Crippen LogP contribution in [0.4, 0.5) is 0 Å². The first-order valence-electron chi connectivity index (χ1n) is 7.87. The minimum Gasteiger partial charge on any atom is -0.478 e. The van der Waals surface area contributed by atoms with Crippen LogP contribution in [0.25, 0.3) is 10.2 Å². The molecule has 4 aromatic rings. The number of carboxylic acids is 1. The van der Waals surface area contributed by atoms with E-state index in [1.807, 2.05) is 24.4 Å². The zero-order chi connectivity index (χ0) is 17.9. The Morgan fingerprint density at radius 3 is 2.73 bits per heavy atom. The summed E-state index contributed by atoms with van der Waals surface area (Å²) in [5.41, 5.74) is 3.16. The summed E-state index contributed by atoms with van der Waals surface area (Å²) in [7, 11) is 0. The summed E-state index contributed by atoms with van der Waals surface area (Å²) in [6.45, 7) is 0.554. The number of thiazole rings is 1. The van der Waals surface area contributed by atoms with Crippen molar-refractivity contribution in [3.8, 4) is 0 Å². The number of hydrogen-bond acceptors (Lipinski definition) is 6. The summed E-state index contributed by atoms with van der Waals surface area (Å²) < 4.78 is 3.96. The molecule has 0 aliphatic rings. The third-order valence-electron chi connectivity index (χ3n) is 3.75. The molecule has 8 heteroatoms. The highest BCUT2D eigenvalue weighted by molar-refractivity contribution is 8.00. The van der Waals surface area contributed by atoms with Gasteiger partial charge in [0.05, 0.1) is 28.0 Å². The maximum atomic E-state index is 10.9. The zero-order valence-corrected chi connectivity index (χ0v) is 15.2. The molecule has 6 nitrogen and oxygen atoms in total. The van der Waals surface area contributed by atoms with Gasteiger partial charge in [-0.2, -0.15) is 0 Å². The van der Waals surface area contributed by atoms with E-state index in [1.165, 1.54) is 4.70 Å². The van der Waals surface area contributed by atoms with Crippen LogP contribution in [0.1, 0.15) is 21.6 Å². The number of fused-ring (bicyclic) bond motifs is 1. The molecule has 0 aliphatic carbocycles. The number of hydrogen-bond donors (Lipinski definition) is 1. The topological polar surface area (TPSA) is 80.9 Å². The quantitative estimate of drug-likeness (QED) is 0.509. The number of aromatic carboxylic acids is 1. The van der Waals surface area contributed by atoms with E-state index in [2.05, 4.69) is 21.4 Å². The maximum Gasteiger partial charge on any atom is 0.335 e. The van der Waals surface area contributed by atoms with E-state index < -0.39 is 5.97 Å². The van der Waals surface area contributed by atoms with Crippen molar-refractivity contribution in [1.82, 2.24) is 20.0 Å². The Hall–Kier alpha value is -2.71. The van der Waals surface area contributed by atoms with Gasteiger partial charge in [0.25, 0.3) is 0 Å². The molecule has 0 spiro atoms. The number of carboxylic acid groups (broad SMARTS) is 1. The zero-order valence-electron chi connectivity index (χ0n) is 13.6. The molecule has 4 rings (SSSR count). The van der Waals surface area contributed by atoms with E-state index in [-0.39, 0.29) is 5.56 Å². The standard InChI is InChI=1S/C18H14N4O2S2/c23-17(24)13-7-5-12(6-8-13)9-22-10-14(20-21-22)11-25-18-19-15-3-1-2-4-16(15)26-18/h1-8,10H,9,11H2,(H,23,24). The third-order valence-corrected chi connectivity index (χ3v) is 5.96. The third kappa shape index (κ3) is 3.76. The Morgan fingerprint density at radius 2 is 1.96 bits per heavy atom. The van der Waals surface area contributed by atoms with Crippen molar-refractivity contribution in [2.24, 2.45) is 0 Å². The van der Waals surface area contributed by atoms with Gasteiger partial charge in [-0.05, 0) is 29.8 Å². The Kier molecular flexibility index (Phi) is 4.68. The lowest BCUT2D eigenvalue weighted by atomic mass is 10.1. The van der Waals surface area contributed by atoms with Crippen LogP contribution in [0.3, 0.4) is 0 Å². The van der Waals surface area contributed by atoms with Crippen LogP contribution >= 0.6 is 23.1 Å². The number of nitrogens with zero attached hydrogens (tertiary/aromatic N) is 4. The van der Waals surface area contributed by atoms with Crippen LogP contribution in [0.5, 0.6) is 0 Å². The van der Waals surface area contributed by atoms with Gasteiger partial charge in [-0.15, -0.1) is 16.4 Å². The Morgan fingerprint density at radius 1 is 1.15 bits per heavy atom. The van der Waals surface area contributed by atoms with E-state index in [0.29, 0.717) is 12.3 Å². The summed E-state index contributed by atoms with van der Waals surface area (Å²) in [5.74, 6) is -0.218. The van der Waals surface area contributed by atoms with Crippen molar-refractivity contribution in [1.29, 1.82) is 0 Å². The first-order valence-corrected chi connectivity index (χ1v) is 9.67. The fraction of sp³-hybridized carbons (Fsp3) is 0.111. The van der Waals surface area contributed by atoms with Crippen LogP contribution in [-0.4, -0.2) is 31.1 Å². The molecule has 0 bridgehead atoms. The molecule has 1 N–H and O–H groups in total. The van der Waals surface area contributed by atoms with Gasteiger partial charge in [-0.3, -0.25) is 0 Å². The first kappa shape index (κ1) is 16.7. The van der Waals surface area contributed by atoms with Crippen LogP contribution in [0, 0.1) is 0 Å². The smallest absolute Gasteiger partial charge is 0.335 e. The summed E-state index contributed by atoms with van der Waals surface area (Å²) in [6, 6.07) is 14.9. The fourth-order valence-corrected chi connectivity index (χ4v) is 4.42. The van der Waals surface area contributed by atoms with E-state index in [1.54, 1.807) is 52.0 Å². The molecule has 26 heavy (non-hydrogen) atoms. The van der Waals surface area contributed by atoms with Gasteiger partial charge < -0.3 is 5.11 Å². The second-order valence-electron chi connectivity index (χ2n) is 5.65. The molecule has 0 unspecified atom stereocenters. The van der Waals surface area contributed by atoms with Crippen LogP contribution in [0.15, 0.2) is 59.1 Å². The van der Waals surface area contributed by atoms with Gasteiger partial charge in [-0.25, -0.2) is 14.5 Å². The molecular weight excluding hydrogens is 368 g/mol. The monoisotopic (exact) mass is 382 g/mol. The van der Waals surface area contributed by atoms with Crippen LogP contribution in [-0.2, 0) is 12.3 Å². The molecule has 130 valence electrons. The average Bonchev–Trinajstić information content (AvgIpc) is 3.26. The van der Waals surface area contributed by atoms with Gasteiger partial charge in [0.15, 0.2) is 4.34 Å². The van der Waals surface area contributed by atoms with E-state index in [0.717, 1.165) is 21.1 Å². The molecule has 0 fully saturated rings. The minimum atomic E-state index is -0.925. The number of benzene rings is 2. The minimum absolute atomic E-state index is 0.278. The van der Waals surface area contributed by atoms with E-state index in [4.69, 9.17) is 5.11 Å². The predicted molar refractivity (Wildman–Crippen MR) is 102 cm³/mol. The summed E-state index contributed by atoms with van der Waals surface area (Å²) in [6.07, 6.45) is 1.91. The Bertz CT molecular complexity index is 1020. The number of aromatic nitrogens is 4. The lowest BCUT2D eigenvalue weighted by Gasteiger charge is -2.01. The molecule has 0 saturated heterocycles. The Balaban J connectivity index is 1.38. The molecule has 0 atom stereocenters. The van der Waals surface area contributed by atoms with Gasteiger partial charge >= 0.3 is 5.97 Å². The van der Waals surface area contributed by atoms with E-state index in [9.17, 15) is 4.79 Å². The molecule has 2 aromatic heterocycles. The lowest BCUT2D eigenvalue weighted by molar-refractivity contribution is 0.0697. The predicted octanol–water partition coefficient (Wildman–Crippen LogP) is 3.93. The van der Waals surface area contributed by atoms with Gasteiger partial charge in [0.1, 0.15) is 0 Å². The second-order valence-corrected chi connectivity index (χ2v) is 7.90. The average molecular weight is 382 g/mol. The number of para-hydroxylation sites is 1.